The Kier molecular flexibility index (Phi) is 5.97. The summed E-state index contributed by atoms with van der Waals surface area (Å²) >= 11 is 1.45. The molecular weight excluding hydrogens is 366 g/mol. The first-order valence-corrected chi connectivity index (χ1v) is 9.42. The smallest absolute Gasteiger partial charge is 0.306 e. The molecule has 140 valence electrons. The minimum atomic E-state index is -0.398. The number of carbonyl (C=O) groups is 2. The zero-order chi connectivity index (χ0) is 19.2. The van der Waals surface area contributed by atoms with Crippen LogP contribution in [0.1, 0.15) is 34.5 Å². The van der Waals surface area contributed by atoms with E-state index in [9.17, 15) is 14.4 Å². The molecule has 1 amide bonds. The van der Waals surface area contributed by atoms with Crippen LogP contribution in [0.15, 0.2) is 46.0 Å². The van der Waals surface area contributed by atoms with Gasteiger partial charge in [-0.2, -0.15) is 11.3 Å². The van der Waals surface area contributed by atoms with Gasteiger partial charge in [-0.3, -0.25) is 18.8 Å². The van der Waals surface area contributed by atoms with E-state index in [0.29, 0.717) is 29.9 Å². The van der Waals surface area contributed by atoms with Crippen molar-refractivity contribution in [3.63, 3.8) is 0 Å². The lowest BCUT2D eigenvalue weighted by atomic mass is 10.3. The maximum absolute atomic E-state index is 12.1. The molecule has 8 heteroatoms. The van der Waals surface area contributed by atoms with Gasteiger partial charge in [-0.15, -0.1) is 0 Å². The van der Waals surface area contributed by atoms with E-state index < -0.39 is 5.97 Å². The van der Waals surface area contributed by atoms with Crippen LogP contribution in [0.5, 0.6) is 0 Å². The van der Waals surface area contributed by atoms with Crippen LogP contribution in [0.2, 0.25) is 0 Å². The molecule has 0 fully saturated rings. The molecule has 0 aliphatic carbocycles. The van der Waals surface area contributed by atoms with Crippen molar-refractivity contribution in [2.45, 2.75) is 26.4 Å². The van der Waals surface area contributed by atoms with Gasteiger partial charge in [0.25, 0.3) is 11.5 Å². The first kappa shape index (κ1) is 18.8. The molecular formula is C19H19N3O4S. The maximum atomic E-state index is 12.1. The van der Waals surface area contributed by atoms with E-state index in [0.717, 1.165) is 5.56 Å². The molecule has 0 unspecified atom stereocenters. The van der Waals surface area contributed by atoms with Crippen LogP contribution in [0.3, 0.4) is 0 Å². The molecule has 27 heavy (non-hydrogen) atoms. The largest absolute Gasteiger partial charge is 0.459 e. The number of nitrogens with one attached hydrogen (secondary N) is 1. The normalized spacial score (nSPS) is 10.7. The number of aromatic nitrogens is 2. The van der Waals surface area contributed by atoms with Gasteiger partial charge in [-0.05, 0) is 36.4 Å². The number of carbonyl (C=O) groups excluding carboxylic acids is 2. The third-order valence-corrected chi connectivity index (χ3v) is 4.55. The van der Waals surface area contributed by atoms with Gasteiger partial charge in [0.15, 0.2) is 0 Å². The van der Waals surface area contributed by atoms with Crippen LogP contribution < -0.4 is 10.9 Å². The van der Waals surface area contributed by atoms with E-state index in [4.69, 9.17) is 4.74 Å². The summed E-state index contributed by atoms with van der Waals surface area (Å²) in [4.78, 5) is 40.0. The summed E-state index contributed by atoms with van der Waals surface area (Å²) in [6.45, 7) is 2.22. The lowest BCUT2D eigenvalue weighted by Gasteiger charge is -2.07. The third-order valence-electron chi connectivity index (χ3n) is 3.87. The Morgan fingerprint density at radius 2 is 2.15 bits per heavy atom. The number of rotatable bonds is 7. The molecule has 0 saturated carbocycles. The van der Waals surface area contributed by atoms with Crippen molar-refractivity contribution in [2.75, 3.05) is 6.54 Å². The van der Waals surface area contributed by atoms with Crippen molar-refractivity contribution >= 4 is 28.9 Å². The number of hydrogen-bond donors (Lipinski definition) is 1. The van der Waals surface area contributed by atoms with Gasteiger partial charge in [0.1, 0.15) is 12.3 Å². The van der Waals surface area contributed by atoms with Gasteiger partial charge in [-0.1, -0.05) is 6.07 Å². The Hall–Kier alpha value is -3.00. The average Bonchev–Trinajstić information content (AvgIpc) is 3.19. The molecule has 0 spiro atoms. The molecule has 0 aromatic carbocycles. The number of fused-ring (bicyclic) bond motifs is 1. The Balaban J connectivity index is 1.45. The number of nitrogens with zero attached hydrogens (tertiary/aromatic N) is 2. The van der Waals surface area contributed by atoms with Gasteiger partial charge in [0.05, 0.1) is 5.69 Å². The molecule has 0 aliphatic heterocycles. The van der Waals surface area contributed by atoms with Crippen molar-refractivity contribution < 1.29 is 14.3 Å². The lowest BCUT2D eigenvalue weighted by molar-refractivity contribution is -0.145. The lowest BCUT2D eigenvalue weighted by Crippen LogP contribution is -2.24. The number of hydrogen-bond acceptors (Lipinski definition) is 6. The fourth-order valence-electron chi connectivity index (χ4n) is 2.49. The van der Waals surface area contributed by atoms with Crippen molar-refractivity contribution in [2.24, 2.45) is 0 Å². The number of ether oxygens (including phenoxy) is 1. The van der Waals surface area contributed by atoms with E-state index in [1.807, 2.05) is 18.4 Å². The Morgan fingerprint density at radius 3 is 2.93 bits per heavy atom. The summed E-state index contributed by atoms with van der Waals surface area (Å²) in [5.74, 6) is -0.550. The highest BCUT2D eigenvalue weighted by molar-refractivity contribution is 7.08. The number of esters is 1. The Morgan fingerprint density at radius 1 is 1.30 bits per heavy atom. The number of amides is 1. The van der Waals surface area contributed by atoms with Gasteiger partial charge in [-0.25, -0.2) is 4.98 Å². The van der Waals surface area contributed by atoms with E-state index in [1.165, 1.54) is 21.8 Å². The van der Waals surface area contributed by atoms with Gasteiger partial charge in [0.2, 0.25) is 0 Å². The standard InChI is InChI=1S/C19H19N3O4S/c1-13-4-5-16-21-15(9-17(23)22(16)10-13)11-26-18(24)3-2-7-20-19(25)14-6-8-27-12-14/h4-6,8-10,12H,2-3,7,11H2,1H3,(H,20,25). The minimum absolute atomic E-state index is 0.0558. The van der Waals surface area contributed by atoms with Gasteiger partial charge in [0, 0.05) is 36.2 Å². The molecule has 1 N–H and O–H groups in total. The molecule has 0 atom stereocenters. The van der Waals surface area contributed by atoms with E-state index in [1.54, 1.807) is 23.7 Å². The van der Waals surface area contributed by atoms with Crippen LogP contribution in [-0.4, -0.2) is 27.8 Å². The van der Waals surface area contributed by atoms with Gasteiger partial charge >= 0.3 is 5.97 Å². The molecule has 3 aromatic rings. The molecule has 3 heterocycles. The molecule has 0 aliphatic rings. The number of aryl methyl sites for hydroxylation is 1. The zero-order valence-corrected chi connectivity index (χ0v) is 15.6. The van der Waals surface area contributed by atoms with Gasteiger partial charge < -0.3 is 10.1 Å². The second kappa shape index (κ2) is 8.59. The highest BCUT2D eigenvalue weighted by Gasteiger charge is 2.08. The molecule has 0 radical (unpaired) electrons. The predicted octanol–water partition coefficient (Wildman–Crippen LogP) is 2.32. The molecule has 7 nitrogen and oxygen atoms in total. The monoisotopic (exact) mass is 385 g/mol. The molecule has 3 rings (SSSR count). The zero-order valence-electron chi connectivity index (χ0n) is 14.8. The van der Waals surface area contributed by atoms with Crippen molar-refractivity contribution in [1.82, 2.24) is 14.7 Å². The van der Waals surface area contributed by atoms with Crippen molar-refractivity contribution in [1.29, 1.82) is 0 Å². The predicted molar refractivity (Wildman–Crippen MR) is 102 cm³/mol. The molecule has 0 bridgehead atoms. The minimum Gasteiger partial charge on any atom is -0.459 e. The molecule has 0 saturated heterocycles. The SMILES string of the molecule is Cc1ccc2nc(COC(=O)CCCNC(=O)c3ccsc3)cc(=O)n2c1. The Labute approximate surface area is 159 Å². The number of thiophene rings is 1. The van der Waals surface area contributed by atoms with Crippen molar-refractivity contribution in [3.8, 4) is 0 Å². The van der Waals surface area contributed by atoms with Crippen LogP contribution in [-0.2, 0) is 16.1 Å². The van der Waals surface area contributed by atoms with E-state index in [-0.39, 0.29) is 24.5 Å². The highest BCUT2D eigenvalue weighted by atomic mass is 32.1. The van der Waals surface area contributed by atoms with Crippen LogP contribution in [0.4, 0.5) is 0 Å². The topological polar surface area (TPSA) is 89.8 Å². The summed E-state index contributed by atoms with van der Waals surface area (Å²) < 4.78 is 6.63. The summed E-state index contributed by atoms with van der Waals surface area (Å²) in [5.41, 5.74) is 2.27. The van der Waals surface area contributed by atoms with Crippen molar-refractivity contribution in [3.05, 3.63) is 68.4 Å². The summed E-state index contributed by atoms with van der Waals surface area (Å²) in [6, 6.07) is 6.72. The number of pyridine rings is 1. The molecule has 3 aromatic heterocycles. The summed E-state index contributed by atoms with van der Waals surface area (Å²) in [6.07, 6.45) is 2.36. The quantitative estimate of drug-likeness (QED) is 0.498. The second-order valence-electron chi connectivity index (χ2n) is 6.05. The fraction of sp³-hybridized carbons (Fsp3) is 0.263. The summed E-state index contributed by atoms with van der Waals surface area (Å²) in [7, 11) is 0. The first-order chi connectivity index (χ1) is 13.0. The average molecular weight is 385 g/mol. The fourth-order valence-corrected chi connectivity index (χ4v) is 3.13. The van der Waals surface area contributed by atoms with Crippen LogP contribution >= 0.6 is 11.3 Å². The third kappa shape index (κ3) is 5.01. The first-order valence-electron chi connectivity index (χ1n) is 8.48. The second-order valence-corrected chi connectivity index (χ2v) is 6.83. The maximum Gasteiger partial charge on any atom is 0.306 e. The van der Waals surface area contributed by atoms with Crippen LogP contribution in [0.25, 0.3) is 5.65 Å². The Bertz CT molecular complexity index is 1010. The van der Waals surface area contributed by atoms with E-state index in [2.05, 4.69) is 10.3 Å². The van der Waals surface area contributed by atoms with Crippen LogP contribution in [0, 0.1) is 6.92 Å². The van der Waals surface area contributed by atoms with E-state index >= 15 is 0 Å². The highest BCUT2D eigenvalue weighted by Crippen LogP contribution is 2.06. The summed E-state index contributed by atoms with van der Waals surface area (Å²) in [5, 5.41) is 6.35.